The number of anilines is 1. The summed E-state index contributed by atoms with van der Waals surface area (Å²) in [6, 6.07) is 8.54. The fraction of sp³-hybridized carbons (Fsp3) is 0.625. The van der Waals surface area contributed by atoms with Crippen molar-refractivity contribution in [2.75, 3.05) is 45.9 Å². The number of methoxy groups -OCH3 is 2. The van der Waals surface area contributed by atoms with Gasteiger partial charge in [0, 0.05) is 25.9 Å². The topological polar surface area (TPSA) is 65.7 Å². The molecule has 0 bridgehead atoms. The molecule has 120 valence electrons. The molecule has 0 spiro atoms. The third-order valence-corrected chi connectivity index (χ3v) is 3.12. The zero-order valence-electron chi connectivity index (χ0n) is 13.1. The van der Waals surface area contributed by atoms with E-state index in [9.17, 15) is 0 Å². The first-order chi connectivity index (χ1) is 10.3. The van der Waals surface area contributed by atoms with E-state index in [0.717, 1.165) is 24.1 Å². The highest BCUT2D eigenvalue weighted by Gasteiger charge is 2.08. The van der Waals surface area contributed by atoms with Gasteiger partial charge in [-0.05, 0) is 37.1 Å². The van der Waals surface area contributed by atoms with E-state index < -0.39 is 0 Å². The Bertz CT molecular complexity index is 374. The maximum atomic E-state index is 5.57. The lowest BCUT2D eigenvalue weighted by molar-refractivity contribution is 0.0617. The standard InChI is InChI=1S/C16H28N2O3/c1-19-9-10-21-12-14-5-3-6-15(11-14)18-16(13-20-2)7-4-8-17/h3,5-6,11,16,18H,4,7-10,12-13,17H2,1-2H3. The van der Waals surface area contributed by atoms with Gasteiger partial charge in [0.05, 0.1) is 26.4 Å². The molecule has 1 aromatic rings. The monoisotopic (exact) mass is 296 g/mol. The minimum absolute atomic E-state index is 0.281. The van der Waals surface area contributed by atoms with Crippen LogP contribution in [0.25, 0.3) is 0 Å². The Morgan fingerprint density at radius 1 is 1.19 bits per heavy atom. The molecule has 5 heteroatoms. The predicted molar refractivity (Wildman–Crippen MR) is 85.5 cm³/mol. The van der Waals surface area contributed by atoms with E-state index >= 15 is 0 Å². The smallest absolute Gasteiger partial charge is 0.0718 e. The van der Waals surface area contributed by atoms with Gasteiger partial charge in [-0.25, -0.2) is 0 Å². The van der Waals surface area contributed by atoms with Crippen LogP contribution in [0.4, 0.5) is 5.69 Å². The quantitative estimate of drug-likeness (QED) is 0.578. The van der Waals surface area contributed by atoms with E-state index in [1.165, 1.54) is 0 Å². The fourth-order valence-corrected chi connectivity index (χ4v) is 2.08. The van der Waals surface area contributed by atoms with Crippen LogP contribution in [0.5, 0.6) is 0 Å². The van der Waals surface area contributed by atoms with Crippen molar-refractivity contribution in [3.63, 3.8) is 0 Å². The summed E-state index contributed by atoms with van der Waals surface area (Å²) in [4.78, 5) is 0. The first kappa shape index (κ1) is 17.9. The third kappa shape index (κ3) is 8.02. The van der Waals surface area contributed by atoms with E-state index in [4.69, 9.17) is 19.9 Å². The number of rotatable bonds is 12. The number of hydrogen-bond donors (Lipinski definition) is 2. The Labute approximate surface area is 127 Å². The second kappa shape index (κ2) is 11.5. The van der Waals surface area contributed by atoms with Crippen molar-refractivity contribution < 1.29 is 14.2 Å². The maximum absolute atomic E-state index is 5.57. The molecule has 5 nitrogen and oxygen atoms in total. The van der Waals surface area contributed by atoms with Gasteiger partial charge in [0.25, 0.3) is 0 Å². The number of nitrogens with two attached hydrogens (primary N) is 1. The summed E-state index contributed by atoms with van der Waals surface area (Å²) in [5, 5.41) is 3.50. The summed E-state index contributed by atoms with van der Waals surface area (Å²) in [5.74, 6) is 0. The highest BCUT2D eigenvalue weighted by atomic mass is 16.5. The van der Waals surface area contributed by atoms with Gasteiger partial charge >= 0.3 is 0 Å². The predicted octanol–water partition coefficient (Wildman–Crippen LogP) is 2.02. The van der Waals surface area contributed by atoms with Crippen molar-refractivity contribution in [3.05, 3.63) is 29.8 Å². The summed E-state index contributed by atoms with van der Waals surface area (Å²) in [5.41, 5.74) is 7.80. The molecule has 0 amide bonds. The normalized spacial score (nSPS) is 12.3. The zero-order chi connectivity index (χ0) is 15.3. The Morgan fingerprint density at radius 2 is 2.05 bits per heavy atom. The van der Waals surface area contributed by atoms with Gasteiger partial charge in [0.15, 0.2) is 0 Å². The second-order valence-corrected chi connectivity index (χ2v) is 4.97. The van der Waals surface area contributed by atoms with Crippen molar-refractivity contribution >= 4 is 5.69 Å². The van der Waals surface area contributed by atoms with E-state index in [1.807, 2.05) is 6.07 Å². The summed E-state index contributed by atoms with van der Waals surface area (Å²) >= 11 is 0. The van der Waals surface area contributed by atoms with Gasteiger partial charge in [-0.3, -0.25) is 0 Å². The van der Waals surface area contributed by atoms with Gasteiger partial charge < -0.3 is 25.3 Å². The lowest BCUT2D eigenvalue weighted by Crippen LogP contribution is -2.25. The Balaban J connectivity index is 2.48. The van der Waals surface area contributed by atoms with Crippen LogP contribution in [0.3, 0.4) is 0 Å². The van der Waals surface area contributed by atoms with E-state index in [-0.39, 0.29) is 6.04 Å². The maximum Gasteiger partial charge on any atom is 0.0718 e. The Hall–Kier alpha value is -1.14. The molecular weight excluding hydrogens is 268 g/mol. The molecular formula is C16H28N2O3. The van der Waals surface area contributed by atoms with Crippen LogP contribution >= 0.6 is 0 Å². The van der Waals surface area contributed by atoms with Gasteiger partial charge in [-0.1, -0.05) is 12.1 Å². The second-order valence-electron chi connectivity index (χ2n) is 4.97. The SMILES string of the molecule is COCCOCc1cccc(NC(CCCN)COC)c1. The molecule has 1 atom stereocenters. The molecule has 0 aliphatic carbocycles. The molecule has 1 unspecified atom stereocenters. The van der Waals surface area contributed by atoms with Crippen molar-refractivity contribution in [1.82, 2.24) is 0 Å². The molecule has 1 aromatic carbocycles. The highest BCUT2D eigenvalue weighted by molar-refractivity contribution is 5.46. The molecule has 21 heavy (non-hydrogen) atoms. The minimum Gasteiger partial charge on any atom is -0.383 e. The molecule has 0 saturated heterocycles. The molecule has 3 N–H and O–H groups in total. The van der Waals surface area contributed by atoms with Crippen LogP contribution in [-0.4, -0.2) is 46.6 Å². The van der Waals surface area contributed by atoms with Crippen molar-refractivity contribution in [2.24, 2.45) is 5.73 Å². The third-order valence-electron chi connectivity index (χ3n) is 3.12. The molecule has 0 aliphatic heterocycles. The molecule has 0 radical (unpaired) electrons. The lowest BCUT2D eigenvalue weighted by Gasteiger charge is -2.19. The van der Waals surface area contributed by atoms with E-state index in [2.05, 4.69) is 23.5 Å². The zero-order valence-corrected chi connectivity index (χ0v) is 13.1. The molecule has 0 aliphatic rings. The lowest BCUT2D eigenvalue weighted by atomic mass is 10.1. The molecule has 0 saturated carbocycles. The number of nitrogens with one attached hydrogen (secondary N) is 1. The first-order valence-corrected chi connectivity index (χ1v) is 7.41. The average molecular weight is 296 g/mol. The number of ether oxygens (including phenoxy) is 3. The van der Waals surface area contributed by atoms with Crippen LogP contribution in [-0.2, 0) is 20.8 Å². The van der Waals surface area contributed by atoms with E-state index in [0.29, 0.717) is 33.0 Å². The molecule has 0 heterocycles. The number of hydrogen-bond acceptors (Lipinski definition) is 5. The summed E-state index contributed by atoms with van der Waals surface area (Å²) in [6.45, 7) is 3.20. The Morgan fingerprint density at radius 3 is 2.76 bits per heavy atom. The van der Waals surface area contributed by atoms with Gasteiger partial charge in [0.2, 0.25) is 0 Å². The minimum atomic E-state index is 0.281. The van der Waals surface area contributed by atoms with Crippen LogP contribution in [0.1, 0.15) is 18.4 Å². The highest BCUT2D eigenvalue weighted by Crippen LogP contribution is 2.14. The molecule has 0 fully saturated rings. The van der Waals surface area contributed by atoms with Crippen molar-refractivity contribution in [1.29, 1.82) is 0 Å². The van der Waals surface area contributed by atoms with Crippen LogP contribution in [0, 0.1) is 0 Å². The van der Waals surface area contributed by atoms with Gasteiger partial charge in [0.1, 0.15) is 0 Å². The Kier molecular flexibility index (Phi) is 9.82. The summed E-state index contributed by atoms with van der Waals surface area (Å²) < 4.78 is 15.8. The largest absolute Gasteiger partial charge is 0.383 e. The summed E-state index contributed by atoms with van der Waals surface area (Å²) in [6.07, 6.45) is 1.99. The first-order valence-electron chi connectivity index (χ1n) is 7.41. The van der Waals surface area contributed by atoms with Crippen LogP contribution in [0.15, 0.2) is 24.3 Å². The fourth-order valence-electron chi connectivity index (χ4n) is 2.08. The van der Waals surface area contributed by atoms with Crippen LogP contribution < -0.4 is 11.1 Å². The van der Waals surface area contributed by atoms with Gasteiger partial charge in [-0.15, -0.1) is 0 Å². The molecule has 1 rings (SSSR count). The molecule has 0 aromatic heterocycles. The van der Waals surface area contributed by atoms with Crippen LogP contribution in [0.2, 0.25) is 0 Å². The average Bonchev–Trinajstić information content (AvgIpc) is 2.50. The van der Waals surface area contributed by atoms with Crippen molar-refractivity contribution in [2.45, 2.75) is 25.5 Å². The number of benzene rings is 1. The van der Waals surface area contributed by atoms with Crippen molar-refractivity contribution in [3.8, 4) is 0 Å². The summed E-state index contributed by atoms with van der Waals surface area (Å²) in [7, 11) is 3.39. The van der Waals surface area contributed by atoms with E-state index in [1.54, 1.807) is 14.2 Å². The van der Waals surface area contributed by atoms with Gasteiger partial charge in [-0.2, -0.15) is 0 Å².